The zero-order valence-electron chi connectivity index (χ0n) is 30.0. The standard InChI is InChI=1S/C51H40N2/c1-37-17-15-27-43(33-37)53(44-28-16-18-38(2)34-44)46-30-32-48-47-31-29-45(52(41-23-11-5-12-24-41)42-25-13-6-14-26-42)35-49(47)51(50(48)36-46,39-19-7-3-8-20-39)40-21-9-4-10-22-40/h3-36H,1-2H3. The lowest BCUT2D eigenvalue weighted by molar-refractivity contribution is 0.768. The topological polar surface area (TPSA) is 6.48 Å². The second-order valence-electron chi connectivity index (χ2n) is 14.0. The number of hydrogen-bond acceptors (Lipinski definition) is 2. The van der Waals surface area contributed by atoms with E-state index in [-0.39, 0.29) is 0 Å². The van der Waals surface area contributed by atoms with Crippen molar-refractivity contribution in [1.82, 2.24) is 0 Å². The van der Waals surface area contributed by atoms with Crippen molar-refractivity contribution in [2.75, 3.05) is 9.80 Å². The largest absolute Gasteiger partial charge is 0.310 e. The fourth-order valence-corrected chi connectivity index (χ4v) is 8.33. The average molecular weight is 681 g/mol. The van der Waals surface area contributed by atoms with Gasteiger partial charge in [0.1, 0.15) is 0 Å². The number of aryl methyl sites for hydroxylation is 2. The van der Waals surface area contributed by atoms with Crippen molar-refractivity contribution in [1.29, 1.82) is 0 Å². The third-order valence-corrected chi connectivity index (χ3v) is 10.6. The Balaban J connectivity index is 1.34. The zero-order valence-corrected chi connectivity index (χ0v) is 30.0. The Morgan fingerprint density at radius 3 is 1.04 bits per heavy atom. The highest BCUT2D eigenvalue weighted by Gasteiger charge is 2.47. The molecule has 0 aliphatic heterocycles. The summed E-state index contributed by atoms with van der Waals surface area (Å²) in [4.78, 5) is 4.77. The number of rotatable bonds is 8. The van der Waals surface area contributed by atoms with Gasteiger partial charge in [-0.25, -0.2) is 0 Å². The molecular formula is C51H40N2. The molecule has 0 saturated heterocycles. The molecule has 254 valence electrons. The minimum absolute atomic E-state index is 0.580. The molecule has 0 heterocycles. The molecule has 0 unspecified atom stereocenters. The first-order chi connectivity index (χ1) is 26.1. The molecule has 0 spiro atoms. The van der Waals surface area contributed by atoms with Gasteiger partial charge in [-0.2, -0.15) is 0 Å². The number of nitrogens with zero attached hydrogens (tertiary/aromatic N) is 2. The Kier molecular flexibility index (Phi) is 8.21. The van der Waals surface area contributed by atoms with E-state index < -0.39 is 5.41 Å². The summed E-state index contributed by atoms with van der Waals surface area (Å²) < 4.78 is 0. The lowest BCUT2D eigenvalue weighted by atomic mass is 9.67. The molecular weight excluding hydrogens is 641 g/mol. The summed E-state index contributed by atoms with van der Waals surface area (Å²) in [7, 11) is 0. The van der Waals surface area contributed by atoms with Gasteiger partial charge in [0, 0.05) is 34.1 Å². The van der Waals surface area contributed by atoms with Crippen LogP contribution in [0.15, 0.2) is 206 Å². The second kappa shape index (κ2) is 13.5. The fourth-order valence-electron chi connectivity index (χ4n) is 8.33. The fraction of sp³-hybridized carbons (Fsp3) is 0.0588. The summed E-state index contributed by atoms with van der Waals surface area (Å²) in [6, 6.07) is 75.3. The van der Waals surface area contributed by atoms with E-state index in [1.165, 1.54) is 44.5 Å². The molecule has 53 heavy (non-hydrogen) atoms. The SMILES string of the molecule is Cc1cccc(N(c2cccc(C)c2)c2ccc3c(c2)C(c2ccccc2)(c2ccccc2)c2cc(N(c4ccccc4)c4ccccc4)ccc2-3)c1. The summed E-state index contributed by atoms with van der Waals surface area (Å²) in [5, 5.41) is 0. The number of para-hydroxylation sites is 2. The molecule has 0 atom stereocenters. The monoisotopic (exact) mass is 680 g/mol. The minimum Gasteiger partial charge on any atom is -0.310 e. The summed E-state index contributed by atoms with van der Waals surface area (Å²) >= 11 is 0. The van der Waals surface area contributed by atoms with Crippen LogP contribution < -0.4 is 9.80 Å². The van der Waals surface area contributed by atoms with Crippen LogP contribution in [0.5, 0.6) is 0 Å². The zero-order chi connectivity index (χ0) is 35.8. The smallest absolute Gasteiger partial charge is 0.0715 e. The summed E-state index contributed by atoms with van der Waals surface area (Å²) in [5.41, 5.74) is 16.2. The highest BCUT2D eigenvalue weighted by atomic mass is 15.1. The maximum absolute atomic E-state index is 2.45. The van der Waals surface area contributed by atoms with E-state index in [1.54, 1.807) is 0 Å². The summed E-state index contributed by atoms with van der Waals surface area (Å²) in [5.74, 6) is 0. The van der Waals surface area contributed by atoms with Crippen LogP contribution in [0, 0.1) is 13.8 Å². The van der Waals surface area contributed by atoms with Crippen molar-refractivity contribution >= 4 is 34.1 Å². The molecule has 1 aliphatic rings. The van der Waals surface area contributed by atoms with Crippen molar-refractivity contribution in [2.45, 2.75) is 19.3 Å². The van der Waals surface area contributed by atoms with E-state index in [2.05, 4.69) is 230 Å². The van der Waals surface area contributed by atoms with Gasteiger partial charge in [-0.3, -0.25) is 0 Å². The van der Waals surface area contributed by atoms with E-state index >= 15 is 0 Å². The molecule has 2 heteroatoms. The van der Waals surface area contributed by atoms with Crippen molar-refractivity contribution < 1.29 is 0 Å². The molecule has 1 aliphatic carbocycles. The van der Waals surface area contributed by atoms with E-state index in [0.717, 1.165) is 34.1 Å². The van der Waals surface area contributed by atoms with Crippen LogP contribution in [0.3, 0.4) is 0 Å². The van der Waals surface area contributed by atoms with Crippen molar-refractivity contribution in [2.24, 2.45) is 0 Å². The third-order valence-electron chi connectivity index (χ3n) is 10.6. The Hall–Kier alpha value is -6.64. The molecule has 0 saturated carbocycles. The maximum atomic E-state index is 2.45. The third kappa shape index (κ3) is 5.60. The van der Waals surface area contributed by atoms with Crippen molar-refractivity contribution in [3.63, 3.8) is 0 Å². The van der Waals surface area contributed by atoms with E-state index in [9.17, 15) is 0 Å². The number of benzene rings is 8. The lowest BCUT2D eigenvalue weighted by Gasteiger charge is -2.35. The van der Waals surface area contributed by atoms with Crippen LogP contribution in [0.1, 0.15) is 33.4 Å². The highest BCUT2D eigenvalue weighted by Crippen LogP contribution is 2.58. The van der Waals surface area contributed by atoms with Gasteiger partial charge >= 0.3 is 0 Å². The van der Waals surface area contributed by atoms with Gasteiger partial charge in [-0.15, -0.1) is 0 Å². The van der Waals surface area contributed by atoms with Gasteiger partial charge in [0.15, 0.2) is 0 Å². The Morgan fingerprint density at radius 2 is 0.642 bits per heavy atom. The van der Waals surface area contributed by atoms with E-state index in [4.69, 9.17) is 0 Å². The summed E-state index contributed by atoms with van der Waals surface area (Å²) in [6.07, 6.45) is 0. The molecule has 0 aromatic heterocycles. The predicted octanol–water partition coefficient (Wildman–Crippen LogP) is 13.6. The first kappa shape index (κ1) is 32.3. The van der Waals surface area contributed by atoms with E-state index in [1.807, 2.05) is 0 Å². The maximum Gasteiger partial charge on any atom is 0.0715 e. The van der Waals surface area contributed by atoms with Crippen LogP contribution in [0.4, 0.5) is 34.1 Å². The van der Waals surface area contributed by atoms with Crippen LogP contribution in [-0.2, 0) is 5.41 Å². The van der Waals surface area contributed by atoms with Crippen molar-refractivity contribution in [3.05, 3.63) is 240 Å². The molecule has 0 fully saturated rings. The van der Waals surface area contributed by atoms with Gasteiger partial charge in [0.05, 0.1) is 5.41 Å². The lowest BCUT2D eigenvalue weighted by Crippen LogP contribution is -2.29. The average Bonchev–Trinajstić information content (AvgIpc) is 3.49. The summed E-state index contributed by atoms with van der Waals surface area (Å²) in [6.45, 7) is 4.33. The molecule has 0 radical (unpaired) electrons. The van der Waals surface area contributed by atoms with Crippen molar-refractivity contribution in [3.8, 4) is 11.1 Å². The Bertz CT molecular complexity index is 2400. The van der Waals surface area contributed by atoms with E-state index in [0.29, 0.717) is 0 Å². The first-order valence-corrected chi connectivity index (χ1v) is 18.4. The van der Waals surface area contributed by atoms with Crippen LogP contribution in [0.2, 0.25) is 0 Å². The van der Waals surface area contributed by atoms with Gasteiger partial charge in [0.25, 0.3) is 0 Å². The van der Waals surface area contributed by atoms with Gasteiger partial charge < -0.3 is 9.80 Å². The molecule has 0 N–H and O–H groups in total. The number of anilines is 6. The minimum atomic E-state index is -0.580. The highest BCUT2D eigenvalue weighted by molar-refractivity contribution is 5.92. The Morgan fingerprint density at radius 1 is 0.302 bits per heavy atom. The van der Waals surface area contributed by atoms with Crippen LogP contribution in [0.25, 0.3) is 11.1 Å². The van der Waals surface area contributed by atoms with Gasteiger partial charge in [0.2, 0.25) is 0 Å². The van der Waals surface area contributed by atoms with Gasteiger partial charge in [-0.05, 0) is 131 Å². The molecule has 2 nitrogen and oxygen atoms in total. The molecule has 0 bridgehead atoms. The quantitative estimate of drug-likeness (QED) is 0.158. The molecule has 8 aromatic rings. The molecule has 8 aromatic carbocycles. The number of hydrogen-bond donors (Lipinski definition) is 0. The normalized spacial score (nSPS) is 12.5. The Labute approximate surface area is 312 Å². The number of fused-ring (bicyclic) bond motifs is 3. The molecule has 9 rings (SSSR count). The van der Waals surface area contributed by atoms with Crippen LogP contribution >= 0.6 is 0 Å². The molecule has 0 amide bonds. The second-order valence-corrected chi connectivity index (χ2v) is 14.0. The van der Waals surface area contributed by atoms with Gasteiger partial charge in [-0.1, -0.05) is 133 Å². The first-order valence-electron chi connectivity index (χ1n) is 18.4. The van der Waals surface area contributed by atoms with Crippen LogP contribution in [-0.4, -0.2) is 0 Å². The predicted molar refractivity (Wildman–Crippen MR) is 223 cm³/mol.